The van der Waals surface area contributed by atoms with E-state index in [1.807, 2.05) is 0 Å². The van der Waals surface area contributed by atoms with Crippen molar-refractivity contribution in [2.75, 3.05) is 0 Å². The van der Waals surface area contributed by atoms with Crippen molar-refractivity contribution < 1.29 is 10.4 Å². The van der Waals surface area contributed by atoms with Crippen LogP contribution in [0.3, 0.4) is 0 Å². The number of quaternary nitrogens is 1. The van der Waals surface area contributed by atoms with Crippen LogP contribution in [-0.2, 0) is 0 Å². The lowest BCUT2D eigenvalue weighted by molar-refractivity contribution is -0.990. The molecule has 0 spiro atoms. The predicted octanol–water partition coefficient (Wildman–Crippen LogP) is -1.76. The van der Waals surface area contributed by atoms with Gasteiger partial charge in [0, 0.05) is 0 Å². The van der Waals surface area contributed by atoms with E-state index in [-0.39, 0.29) is 0 Å². The van der Waals surface area contributed by atoms with Crippen molar-refractivity contribution in [3.63, 3.8) is 0 Å². The van der Waals surface area contributed by atoms with E-state index in [1.54, 1.807) is 0 Å². The molecule has 0 aromatic heterocycles. The molecule has 1 atom stereocenters. The maximum absolute atomic E-state index is 9.01. The minimum Gasteiger partial charge on any atom is -0.585 e. The average molecular weight is 74.0 g/mol. The molecular formula is CH2N2O2. The third-order valence-corrected chi connectivity index (χ3v) is 0.0956. The van der Waals surface area contributed by atoms with Crippen LogP contribution in [0.1, 0.15) is 0 Å². The number of nitrogens with zero attached hydrogens (tertiary/aromatic N) is 1. The van der Waals surface area contributed by atoms with Gasteiger partial charge in [0.1, 0.15) is 0 Å². The third kappa shape index (κ3) is 3.37. The highest BCUT2D eigenvalue weighted by Gasteiger charge is 1.70. The van der Waals surface area contributed by atoms with Gasteiger partial charge in [-0.1, -0.05) is 0 Å². The van der Waals surface area contributed by atoms with Crippen molar-refractivity contribution in [1.29, 1.82) is 5.26 Å². The number of hydrogen-bond donors (Lipinski definition) is 2. The molecule has 0 aromatic carbocycles. The molecule has 0 radical (unpaired) electrons. The molecule has 0 fully saturated rings. The molecule has 0 rings (SSSR count). The number of nitriles is 1. The number of hydroxylamine groups is 2. The summed E-state index contributed by atoms with van der Waals surface area (Å²) in [5.41, 5.74) is 0. The summed E-state index contributed by atoms with van der Waals surface area (Å²) < 4.78 is 0. The van der Waals surface area contributed by atoms with Crippen LogP contribution in [0.5, 0.6) is 0 Å². The second-order valence-electron chi connectivity index (χ2n) is 0.417. The van der Waals surface area contributed by atoms with Crippen LogP contribution in [0.25, 0.3) is 0 Å². The standard InChI is InChI=1S/CH2N2O2/c2-1-3(4)5/h3-4H. The smallest absolute Gasteiger partial charge is 0.343 e. The van der Waals surface area contributed by atoms with Crippen molar-refractivity contribution in [2.45, 2.75) is 0 Å². The molecule has 0 aromatic rings. The molecule has 1 unspecified atom stereocenters. The summed E-state index contributed by atoms with van der Waals surface area (Å²) in [6.45, 7) is 0. The van der Waals surface area contributed by atoms with E-state index in [0.717, 1.165) is 6.19 Å². The Bertz CT molecular complexity index is 53.2. The van der Waals surface area contributed by atoms with Gasteiger partial charge in [-0.05, 0) is 0 Å². The van der Waals surface area contributed by atoms with Gasteiger partial charge in [-0.25, -0.2) is 5.21 Å². The van der Waals surface area contributed by atoms with E-state index in [4.69, 9.17) is 15.7 Å². The van der Waals surface area contributed by atoms with Crippen molar-refractivity contribution in [1.82, 2.24) is 0 Å². The van der Waals surface area contributed by atoms with E-state index < -0.39 is 5.23 Å². The third-order valence-electron chi connectivity index (χ3n) is 0.0956. The molecular weight excluding hydrogens is 72.0 g/mol. The maximum atomic E-state index is 9.01. The minimum atomic E-state index is -1.44. The Morgan fingerprint density at radius 1 is 2.00 bits per heavy atom. The minimum absolute atomic E-state index is 0.944. The molecule has 0 aliphatic heterocycles. The van der Waals surface area contributed by atoms with E-state index in [1.165, 1.54) is 0 Å². The van der Waals surface area contributed by atoms with Crippen molar-refractivity contribution in [3.05, 3.63) is 5.21 Å². The number of rotatable bonds is 0. The summed E-state index contributed by atoms with van der Waals surface area (Å²) in [5.74, 6) is 0. The van der Waals surface area contributed by atoms with E-state index in [0.29, 0.717) is 0 Å². The monoisotopic (exact) mass is 74.0 g/mol. The fourth-order valence-corrected chi connectivity index (χ4v) is 0. The summed E-state index contributed by atoms with van der Waals surface area (Å²) in [6, 6.07) is 0. The van der Waals surface area contributed by atoms with E-state index >= 15 is 0 Å². The van der Waals surface area contributed by atoms with Gasteiger partial charge in [0.05, 0.1) is 0 Å². The Balaban J connectivity index is 2.94. The molecule has 28 valence electrons. The molecule has 0 aliphatic carbocycles. The molecule has 0 amide bonds. The van der Waals surface area contributed by atoms with Gasteiger partial charge in [-0.15, -0.1) is 10.5 Å². The summed E-state index contributed by atoms with van der Waals surface area (Å²) in [5, 5.41) is 22.2. The zero-order valence-electron chi connectivity index (χ0n) is 2.30. The first-order chi connectivity index (χ1) is 2.27. The second-order valence-corrected chi connectivity index (χ2v) is 0.417. The largest absolute Gasteiger partial charge is 0.585 e. The number of hydrogen-bond acceptors (Lipinski definition) is 3. The summed E-state index contributed by atoms with van der Waals surface area (Å²) >= 11 is 0. The highest BCUT2D eigenvalue weighted by molar-refractivity contribution is 4.35. The summed E-state index contributed by atoms with van der Waals surface area (Å²) in [7, 11) is 0. The van der Waals surface area contributed by atoms with Crippen LogP contribution in [-0.4, -0.2) is 5.21 Å². The van der Waals surface area contributed by atoms with Gasteiger partial charge in [0.15, 0.2) is 0 Å². The predicted molar refractivity (Wildman–Crippen MR) is 11.7 cm³/mol. The van der Waals surface area contributed by atoms with Gasteiger partial charge >= 0.3 is 6.19 Å². The molecule has 0 saturated heterocycles. The zero-order valence-corrected chi connectivity index (χ0v) is 2.30. The molecule has 0 saturated carbocycles. The normalized spacial score (nSPS) is 13.0. The lowest BCUT2D eigenvalue weighted by Gasteiger charge is -1.93. The van der Waals surface area contributed by atoms with Gasteiger partial charge in [0.25, 0.3) is 0 Å². The van der Waals surface area contributed by atoms with Crippen molar-refractivity contribution >= 4 is 0 Å². The molecule has 4 heteroatoms. The quantitative estimate of drug-likeness (QED) is 0.264. The first-order valence-corrected chi connectivity index (χ1v) is 0.901. The molecule has 2 N–H and O–H groups in total. The van der Waals surface area contributed by atoms with Gasteiger partial charge in [0.2, 0.25) is 0 Å². The van der Waals surface area contributed by atoms with E-state index in [9.17, 15) is 0 Å². The lowest BCUT2D eigenvalue weighted by Crippen LogP contribution is -3.00. The second kappa shape index (κ2) is 1.67. The Labute approximate surface area is 28.4 Å². The van der Waals surface area contributed by atoms with Crippen molar-refractivity contribution in [3.8, 4) is 6.19 Å². The Kier molecular flexibility index (Phi) is 1.46. The molecule has 0 bridgehead atoms. The maximum Gasteiger partial charge on any atom is 0.343 e. The topological polar surface area (TPSA) is 71.5 Å². The van der Waals surface area contributed by atoms with Crippen LogP contribution in [0.4, 0.5) is 0 Å². The van der Waals surface area contributed by atoms with Crippen LogP contribution >= 0.6 is 0 Å². The van der Waals surface area contributed by atoms with Crippen molar-refractivity contribution in [2.24, 2.45) is 0 Å². The molecule has 4 nitrogen and oxygen atoms in total. The summed E-state index contributed by atoms with van der Waals surface area (Å²) in [6.07, 6.45) is 0.944. The fourth-order valence-electron chi connectivity index (χ4n) is 0. The van der Waals surface area contributed by atoms with E-state index in [2.05, 4.69) is 0 Å². The molecule has 5 heavy (non-hydrogen) atoms. The van der Waals surface area contributed by atoms with Gasteiger partial charge in [-0.3, -0.25) is 0 Å². The van der Waals surface area contributed by atoms with Crippen LogP contribution < -0.4 is 5.23 Å². The van der Waals surface area contributed by atoms with Crippen LogP contribution in [0, 0.1) is 16.7 Å². The average Bonchev–Trinajstić information content (AvgIpc) is 1.38. The Hall–Kier alpha value is -0.630. The molecule has 0 aliphatic rings. The first-order valence-electron chi connectivity index (χ1n) is 0.901. The number of nitrogens with one attached hydrogen (secondary N) is 1. The first kappa shape index (κ1) is 4.37. The van der Waals surface area contributed by atoms with Gasteiger partial charge < -0.3 is 5.21 Å². The fraction of sp³-hybridized carbons (Fsp3) is 0. The molecule has 0 heterocycles. The zero-order chi connectivity index (χ0) is 4.28. The lowest BCUT2D eigenvalue weighted by atomic mass is 11.4. The van der Waals surface area contributed by atoms with Crippen LogP contribution in [0.2, 0.25) is 0 Å². The summed E-state index contributed by atoms with van der Waals surface area (Å²) in [4.78, 5) is 0. The Morgan fingerprint density at radius 3 is 2.20 bits per heavy atom. The highest BCUT2D eigenvalue weighted by atomic mass is 16.8. The van der Waals surface area contributed by atoms with Gasteiger partial charge in [-0.2, -0.15) is 0 Å². The van der Waals surface area contributed by atoms with Crippen LogP contribution in [0.15, 0.2) is 0 Å². The SMILES string of the molecule is N#C[NH+]([O-])O. The Morgan fingerprint density at radius 2 is 2.20 bits per heavy atom. The highest BCUT2D eigenvalue weighted by Crippen LogP contribution is 1.07.